The van der Waals surface area contributed by atoms with Crippen molar-refractivity contribution in [2.75, 3.05) is 0 Å². The zero-order chi connectivity index (χ0) is 33.8. The zero-order valence-electron chi connectivity index (χ0n) is 26.7. The second kappa shape index (κ2) is 11.4. The summed E-state index contributed by atoms with van der Waals surface area (Å²) in [5, 5.41) is 33.9. The van der Waals surface area contributed by atoms with E-state index in [1.807, 2.05) is 84.9 Å². The van der Waals surface area contributed by atoms with Gasteiger partial charge in [-0.2, -0.15) is 15.8 Å². The Bertz CT molecular complexity index is 2960. The van der Waals surface area contributed by atoms with Crippen LogP contribution in [-0.4, -0.2) is 9.13 Å². The van der Waals surface area contributed by atoms with Crippen molar-refractivity contribution in [1.82, 2.24) is 9.13 Å². The Kier molecular flexibility index (Phi) is 6.56. The molecule has 0 radical (unpaired) electrons. The van der Waals surface area contributed by atoms with Crippen LogP contribution in [0, 0.1) is 34.0 Å². The molecule has 0 aliphatic heterocycles. The van der Waals surface area contributed by atoms with Crippen LogP contribution >= 0.6 is 0 Å². The van der Waals surface area contributed by atoms with Crippen LogP contribution in [0.15, 0.2) is 152 Å². The smallest absolute Gasteiger partial charge is 0.101 e. The molecule has 0 N–H and O–H groups in total. The van der Waals surface area contributed by atoms with Crippen LogP contribution < -0.4 is 0 Å². The van der Waals surface area contributed by atoms with Gasteiger partial charge in [-0.25, -0.2) is 0 Å². The van der Waals surface area contributed by atoms with Crippen molar-refractivity contribution in [2.45, 2.75) is 0 Å². The van der Waals surface area contributed by atoms with E-state index in [0.717, 1.165) is 77.2 Å². The van der Waals surface area contributed by atoms with E-state index in [-0.39, 0.29) is 0 Å². The van der Waals surface area contributed by atoms with Gasteiger partial charge in [-0.1, -0.05) is 91.0 Å². The summed E-state index contributed by atoms with van der Waals surface area (Å²) < 4.78 is 4.37. The normalized spacial score (nSPS) is 11.1. The van der Waals surface area contributed by atoms with Gasteiger partial charge in [0, 0.05) is 27.1 Å². The minimum absolute atomic E-state index is 0.549. The average Bonchev–Trinajstić information content (AvgIpc) is 3.70. The number of nitrogens with zero attached hydrogens (tertiary/aromatic N) is 5. The van der Waals surface area contributed by atoms with E-state index in [9.17, 15) is 15.8 Å². The maximum Gasteiger partial charge on any atom is 0.101 e. The maximum atomic E-state index is 10.4. The van der Waals surface area contributed by atoms with E-state index in [2.05, 4.69) is 94.1 Å². The summed E-state index contributed by atoms with van der Waals surface area (Å²) in [6.45, 7) is 0. The summed E-state index contributed by atoms with van der Waals surface area (Å²) in [6, 6.07) is 57.9. The lowest BCUT2D eigenvalue weighted by molar-refractivity contribution is 1.17. The minimum Gasteiger partial charge on any atom is -0.309 e. The first kappa shape index (κ1) is 28.8. The Morgan fingerprint density at radius 1 is 0.380 bits per heavy atom. The van der Waals surface area contributed by atoms with Gasteiger partial charge in [0.2, 0.25) is 0 Å². The molecule has 230 valence electrons. The molecule has 50 heavy (non-hydrogen) atoms. The largest absolute Gasteiger partial charge is 0.309 e. The Morgan fingerprint density at radius 3 is 1.78 bits per heavy atom. The molecule has 0 spiro atoms. The third-order valence-corrected chi connectivity index (χ3v) is 9.65. The number of fused-ring (bicyclic) bond motifs is 6. The molecule has 0 saturated heterocycles. The van der Waals surface area contributed by atoms with Gasteiger partial charge in [0.1, 0.15) is 6.07 Å². The first-order valence-corrected chi connectivity index (χ1v) is 16.3. The molecule has 0 aliphatic rings. The second-order valence-electron chi connectivity index (χ2n) is 12.3. The summed E-state index contributed by atoms with van der Waals surface area (Å²) in [4.78, 5) is 0. The van der Waals surface area contributed by atoms with E-state index in [0.29, 0.717) is 16.7 Å². The summed E-state index contributed by atoms with van der Waals surface area (Å²) >= 11 is 0. The Balaban J connectivity index is 1.14. The fourth-order valence-electron chi connectivity index (χ4n) is 7.43. The number of benzene rings is 7. The number of rotatable bonds is 4. The quantitative estimate of drug-likeness (QED) is 0.193. The van der Waals surface area contributed by atoms with Gasteiger partial charge in [-0.15, -0.1) is 0 Å². The fraction of sp³-hybridized carbons (Fsp3) is 0. The van der Waals surface area contributed by atoms with Crippen LogP contribution in [0.3, 0.4) is 0 Å². The number of aromatic nitrogens is 2. The van der Waals surface area contributed by atoms with Gasteiger partial charge in [0.25, 0.3) is 0 Å². The molecule has 7 aromatic carbocycles. The Morgan fingerprint density at radius 2 is 1.00 bits per heavy atom. The molecule has 0 aliphatic carbocycles. The van der Waals surface area contributed by atoms with Crippen LogP contribution in [0.4, 0.5) is 0 Å². The molecule has 0 atom stereocenters. The number of hydrogen-bond acceptors (Lipinski definition) is 3. The SMILES string of the molecule is N#Cc1ccc2c(c1)c1ccccc1n2-c1ccccc1-c1ccc(-c2ccc(-n3c4ccccc4c4c(C#N)cccc43)c(C#N)c2)cc1. The van der Waals surface area contributed by atoms with Crippen molar-refractivity contribution in [3.8, 4) is 51.8 Å². The Labute approximate surface area is 287 Å². The fourth-order valence-corrected chi connectivity index (χ4v) is 7.43. The van der Waals surface area contributed by atoms with E-state index in [1.165, 1.54) is 0 Å². The van der Waals surface area contributed by atoms with Gasteiger partial charge in [-0.3, -0.25) is 0 Å². The summed E-state index contributed by atoms with van der Waals surface area (Å²) in [5.41, 5.74) is 11.7. The minimum atomic E-state index is 0.549. The highest BCUT2D eigenvalue weighted by Gasteiger charge is 2.19. The lowest BCUT2D eigenvalue weighted by atomic mass is 9.97. The standard InChI is InChI=1S/C45H25N5/c46-26-29-16-22-43-38(24-29)36-10-2-5-13-41(36)50(43)40-12-4-1-9-35(40)31-19-17-30(18-20-31)32-21-23-39(34(25-32)28-48)49-42-14-6-3-11-37(42)45-33(27-47)8-7-15-44(45)49/h1-25H. The van der Waals surface area contributed by atoms with Crippen LogP contribution in [-0.2, 0) is 0 Å². The summed E-state index contributed by atoms with van der Waals surface area (Å²) in [6.07, 6.45) is 0. The van der Waals surface area contributed by atoms with Gasteiger partial charge in [-0.05, 0) is 77.4 Å². The van der Waals surface area contributed by atoms with E-state index in [1.54, 1.807) is 0 Å². The molecule has 2 heterocycles. The van der Waals surface area contributed by atoms with E-state index >= 15 is 0 Å². The predicted octanol–water partition coefficient (Wildman–Crippen LogP) is 10.8. The third-order valence-electron chi connectivity index (χ3n) is 9.65. The number of nitriles is 3. The van der Waals surface area contributed by atoms with Gasteiger partial charge >= 0.3 is 0 Å². The maximum absolute atomic E-state index is 10.4. The van der Waals surface area contributed by atoms with Crippen LogP contribution in [0.2, 0.25) is 0 Å². The molecule has 9 rings (SSSR count). The van der Waals surface area contributed by atoms with Crippen molar-refractivity contribution in [1.29, 1.82) is 15.8 Å². The van der Waals surface area contributed by atoms with E-state index < -0.39 is 0 Å². The molecule has 0 unspecified atom stereocenters. The first-order chi connectivity index (χ1) is 24.7. The lowest BCUT2D eigenvalue weighted by Gasteiger charge is -2.15. The topological polar surface area (TPSA) is 81.2 Å². The average molecular weight is 636 g/mol. The highest BCUT2D eigenvalue weighted by molar-refractivity contribution is 6.12. The molecule has 5 heteroatoms. The highest BCUT2D eigenvalue weighted by Crippen LogP contribution is 2.38. The molecular weight excluding hydrogens is 611 g/mol. The molecule has 9 aromatic rings. The lowest BCUT2D eigenvalue weighted by Crippen LogP contribution is -1.98. The molecule has 2 aromatic heterocycles. The van der Waals surface area contributed by atoms with Crippen molar-refractivity contribution >= 4 is 43.6 Å². The Hall–Kier alpha value is -7.39. The van der Waals surface area contributed by atoms with Crippen molar-refractivity contribution < 1.29 is 0 Å². The van der Waals surface area contributed by atoms with E-state index in [4.69, 9.17) is 0 Å². The second-order valence-corrected chi connectivity index (χ2v) is 12.3. The van der Waals surface area contributed by atoms with Crippen molar-refractivity contribution in [3.63, 3.8) is 0 Å². The van der Waals surface area contributed by atoms with Crippen LogP contribution in [0.1, 0.15) is 16.7 Å². The molecule has 0 saturated carbocycles. The molecule has 0 amide bonds. The third kappa shape index (κ3) is 4.31. The van der Waals surface area contributed by atoms with Gasteiger partial charge in [0.05, 0.1) is 62.3 Å². The van der Waals surface area contributed by atoms with Crippen molar-refractivity contribution in [2.24, 2.45) is 0 Å². The summed E-state index contributed by atoms with van der Waals surface area (Å²) in [7, 11) is 0. The summed E-state index contributed by atoms with van der Waals surface area (Å²) in [5.74, 6) is 0. The molecular formula is C45H25N5. The van der Waals surface area contributed by atoms with Gasteiger partial charge in [0.15, 0.2) is 0 Å². The van der Waals surface area contributed by atoms with Crippen molar-refractivity contribution in [3.05, 3.63) is 168 Å². The molecule has 0 bridgehead atoms. The zero-order valence-corrected chi connectivity index (χ0v) is 26.7. The predicted molar refractivity (Wildman–Crippen MR) is 200 cm³/mol. The highest BCUT2D eigenvalue weighted by atomic mass is 15.0. The number of para-hydroxylation sites is 3. The van der Waals surface area contributed by atoms with Crippen LogP contribution in [0.25, 0.3) is 77.2 Å². The van der Waals surface area contributed by atoms with Crippen LogP contribution in [0.5, 0.6) is 0 Å². The molecule has 0 fully saturated rings. The van der Waals surface area contributed by atoms with Gasteiger partial charge < -0.3 is 9.13 Å². The monoisotopic (exact) mass is 635 g/mol. The molecule has 5 nitrogen and oxygen atoms in total. The first-order valence-electron chi connectivity index (χ1n) is 16.3. The number of hydrogen-bond donors (Lipinski definition) is 0.